The lowest BCUT2D eigenvalue weighted by Gasteiger charge is -2.23. The molecule has 0 spiro atoms. The second-order valence-corrected chi connectivity index (χ2v) is 8.62. The molecule has 1 N–H and O–H groups in total. The van der Waals surface area contributed by atoms with E-state index in [1.54, 1.807) is 31.2 Å². The molecule has 0 bridgehead atoms. The number of hydrogen-bond acceptors (Lipinski definition) is 6. The average Bonchev–Trinajstić information content (AvgIpc) is 3.14. The number of aryl methyl sites for hydroxylation is 2. The standard InChI is InChI=1S/C20H22N4O4S/c1-14-8-10-16(11-9-14)20-22-19(28-23-20)12-21-18(25)13-24(29(3,26)27)17-7-5-4-6-15(17)2/h4-11H,12-13H2,1-3H3,(H,21,25). The molecule has 0 saturated heterocycles. The van der Waals surface area contributed by atoms with E-state index in [2.05, 4.69) is 15.5 Å². The third-order valence-electron chi connectivity index (χ3n) is 4.29. The normalized spacial score (nSPS) is 11.3. The first-order valence-corrected chi connectivity index (χ1v) is 10.8. The van der Waals surface area contributed by atoms with Gasteiger partial charge in [-0.15, -0.1) is 0 Å². The Bertz CT molecular complexity index is 1110. The van der Waals surface area contributed by atoms with Crippen LogP contribution in [0.1, 0.15) is 17.0 Å². The zero-order chi connectivity index (χ0) is 21.0. The van der Waals surface area contributed by atoms with Crippen molar-refractivity contribution in [3.63, 3.8) is 0 Å². The number of nitrogens with zero attached hydrogens (tertiary/aromatic N) is 3. The third-order valence-corrected chi connectivity index (χ3v) is 5.41. The van der Waals surface area contributed by atoms with Gasteiger partial charge in [-0.25, -0.2) is 8.42 Å². The quantitative estimate of drug-likeness (QED) is 0.637. The van der Waals surface area contributed by atoms with Gasteiger partial charge in [-0.2, -0.15) is 4.98 Å². The Morgan fingerprint density at radius 2 is 1.79 bits per heavy atom. The van der Waals surface area contributed by atoms with Crippen LogP contribution in [0, 0.1) is 13.8 Å². The summed E-state index contributed by atoms with van der Waals surface area (Å²) in [6.45, 7) is 3.43. The van der Waals surface area contributed by atoms with E-state index in [0.29, 0.717) is 11.5 Å². The van der Waals surface area contributed by atoms with Gasteiger partial charge in [0.1, 0.15) is 6.54 Å². The van der Waals surface area contributed by atoms with Crippen LogP contribution >= 0.6 is 0 Å². The smallest absolute Gasteiger partial charge is 0.246 e. The molecule has 0 atom stereocenters. The van der Waals surface area contributed by atoms with Crippen LogP contribution in [0.15, 0.2) is 53.1 Å². The van der Waals surface area contributed by atoms with Crippen molar-refractivity contribution in [3.05, 3.63) is 65.5 Å². The zero-order valence-electron chi connectivity index (χ0n) is 16.4. The highest BCUT2D eigenvalue weighted by molar-refractivity contribution is 7.92. The van der Waals surface area contributed by atoms with Crippen LogP contribution in [0.25, 0.3) is 11.4 Å². The summed E-state index contributed by atoms with van der Waals surface area (Å²) in [6.07, 6.45) is 1.07. The molecule has 0 aliphatic carbocycles. The SMILES string of the molecule is Cc1ccc(-c2noc(CNC(=O)CN(c3ccccc3C)S(C)(=O)=O)n2)cc1. The molecular weight excluding hydrogens is 392 g/mol. The minimum absolute atomic E-state index is 0.00304. The number of para-hydroxylation sites is 1. The Morgan fingerprint density at radius 1 is 1.10 bits per heavy atom. The molecule has 29 heavy (non-hydrogen) atoms. The van der Waals surface area contributed by atoms with Crippen LogP contribution < -0.4 is 9.62 Å². The number of hydrogen-bond donors (Lipinski definition) is 1. The van der Waals surface area contributed by atoms with Crippen molar-refractivity contribution in [2.24, 2.45) is 0 Å². The molecule has 0 aliphatic rings. The largest absolute Gasteiger partial charge is 0.345 e. The number of nitrogens with one attached hydrogen (secondary N) is 1. The van der Waals surface area contributed by atoms with Crippen molar-refractivity contribution in [1.82, 2.24) is 15.5 Å². The average molecular weight is 414 g/mol. The molecule has 9 heteroatoms. The maximum atomic E-state index is 12.4. The van der Waals surface area contributed by atoms with Crippen LogP contribution in [-0.4, -0.2) is 37.3 Å². The van der Waals surface area contributed by atoms with E-state index in [0.717, 1.165) is 27.3 Å². The number of carbonyl (C=O) groups is 1. The van der Waals surface area contributed by atoms with E-state index in [1.807, 2.05) is 31.2 Å². The van der Waals surface area contributed by atoms with E-state index in [-0.39, 0.29) is 19.0 Å². The highest BCUT2D eigenvalue weighted by atomic mass is 32.2. The lowest BCUT2D eigenvalue weighted by molar-refractivity contribution is -0.119. The topological polar surface area (TPSA) is 105 Å². The number of amides is 1. The molecule has 3 rings (SSSR count). The van der Waals surface area contributed by atoms with Crippen molar-refractivity contribution in [1.29, 1.82) is 0 Å². The predicted octanol–water partition coefficient (Wildman–Crippen LogP) is 2.44. The second-order valence-electron chi connectivity index (χ2n) is 6.71. The van der Waals surface area contributed by atoms with Crippen molar-refractivity contribution < 1.29 is 17.7 Å². The lowest BCUT2D eigenvalue weighted by atomic mass is 10.1. The molecule has 152 valence electrons. The summed E-state index contributed by atoms with van der Waals surface area (Å²) < 4.78 is 30.6. The minimum atomic E-state index is -3.63. The van der Waals surface area contributed by atoms with Gasteiger partial charge in [0.25, 0.3) is 0 Å². The molecule has 0 fully saturated rings. The van der Waals surface area contributed by atoms with Gasteiger partial charge in [-0.05, 0) is 25.5 Å². The molecule has 3 aromatic rings. The summed E-state index contributed by atoms with van der Waals surface area (Å²) in [7, 11) is -3.63. The fourth-order valence-electron chi connectivity index (χ4n) is 2.73. The van der Waals surface area contributed by atoms with Gasteiger partial charge in [-0.3, -0.25) is 9.10 Å². The third kappa shape index (κ3) is 5.20. The fraction of sp³-hybridized carbons (Fsp3) is 0.250. The van der Waals surface area contributed by atoms with Gasteiger partial charge in [0.2, 0.25) is 27.6 Å². The minimum Gasteiger partial charge on any atom is -0.345 e. The highest BCUT2D eigenvalue weighted by Gasteiger charge is 2.22. The van der Waals surface area contributed by atoms with Gasteiger partial charge >= 0.3 is 0 Å². The molecule has 8 nitrogen and oxygen atoms in total. The maximum Gasteiger partial charge on any atom is 0.246 e. The Kier molecular flexibility index (Phi) is 5.97. The van der Waals surface area contributed by atoms with Crippen molar-refractivity contribution in [2.45, 2.75) is 20.4 Å². The first-order chi connectivity index (χ1) is 13.7. The Morgan fingerprint density at radius 3 is 2.45 bits per heavy atom. The van der Waals surface area contributed by atoms with Crippen LogP contribution in [0.3, 0.4) is 0 Å². The van der Waals surface area contributed by atoms with Crippen molar-refractivity contribution in [3.8, 4) is 11.4 Å². The second kappa shape index (κ2) is 8.44. The summed E-state index contributed by atoms with van der Waals surface area (Å²) >= 11 is 0. The van der Waals surface area contributed by atoms with E-state index >= 15 is 0 Å². The number of sulfonamides is 1. The summed E-state index contributed by atoms with van der Waals surface area (Å²) in [4.78, 5) is 16.6. The highest BCUT2D eigenvalue weighted by Crippen LogP contribution is 2.21. The van der Waals surface area contributed by atoms with Crippen LogP contribution in [0.4, 0.5) is 5.69 Å². The number of rotatable bonds is 7. The maximum absolute atomic E-state index is 12.4. The summed E-state index contributed by atoms with van der Waals surface area (Å²) in [5.41, 5.74) is 3.14. The van der Waals surface area contributed by atoms with Gasteiger partial charge in [0.15, 0.2) is 0 Å². The summed E-state index contributed by atoms with van der Waals surface area (Å²) in [6, 6.07) is 14.6. The molecule has 0 aliphatic heterocycles. The van der Waals surface area contributed by atoms with Gasteiger partial charge in [0, 0.05) is 5.56 Å². The monoisotopic (exact) mass is 414 g/mol. The van der Waals surface area contributed by atoms with Crippen LogP contribution in [0.2, 0.25) is 0 Å². The predicted molar refractivity (Wildman–Crippen MR) is 110 cm³/mol. The van der Waals surface area contributed by atoms with Gasteiger partial charge in [0.05, 0.1) is 18.5 Å². The van der Waals surface area contributed by atoms with E-state index in [9.17, 15) is 13.2 Å². The molecule has 0 radical (unpaired) electrons. The van der Waals surface area contributed by atoms with E-state index in [4.69, 9.17) is 4.52 Å². The molecule has 0 unspecified atom stereocenters. The molecule has 2 aromatic carbocycles. The Labute approximate surface area is 169 Å². The molecular formula is C20H22N4O4S. The van der Waals surface area contributed by atoms with E-state index < -0.39 is 15.9 Å². The van der Waals surface area contributed by atoms with Crippen LogP contribution in [-0.2, 0) is 21.4 Å². The van der Waals surface area contributed by atoms with Crippen molar-refractivity contribution in [2.75, 3.05) is 17.1 Å². The van der Waals surface area contributed by atoms with Crippen molar-refractivity contribution >= 4 is 21.6 Å². The fourth-order valence-corrected chi connectivity index (χ4v) is 3.65. The van der Waals surface area contributed by atoms with Gasteiger partial charge < -0.3 is 9.84 Å². The number of anilines is 1. The summed E-state index contributed by atoms with van der Waals surface area (Å²) in [5, 5.41) is 6.53. The molecule has 1 aromatic heterocycles. The number of carbonyl (C=O) groups excluding carboxylic acids is 1. The Balaban J connectivity index is 1.66. The number of benzene rings is 2. The Hall–Kier alpha value is -3.20. The molecule has 0 saturated carbocycles. The van der Waals surface area contributed by atoms with E-state index in [1.165, 1.54) is 0 Å². The number of aromatic nitrogens is 2. The van der Waals surface area contributed by atoms with Gasteiger partial charge in [-0.1, -0.05) is 53.2 Å². The summed E-state index contributed by atoms with van der Waals surface area (Å²) in [5.74, 6) is 0.177. The molecule has 1 amide bonds. The zero-order valence-corrected chi connectivity index (χ0v) is 17.2. The first-order valence-electron chi connectivity index (χ1n) is 8.94. The first kappa shape index (κ1) is 20.5. The lowest BCUT2D eigenvalue weighted by Crippen LogP contribution is -2.40. The van der Waals surface area contributed by atoms with Crippen LogP contribution in [0.5, 0.6) is 0 Å². The molecule has 1 heterocycles.